The lowest BCUT2D eigenvalue weighted by Gasteiger charge is -2.37. The van der Waals surface area contributed by atoms with Gasteiger partial charge in [-0.3, -0.25) is 0 Å². The molecule has 26 heavy (non-hydrogen) atoms. The second-order valence-corrected chi connectivity index (χ2v) is 8.93. The molecule has 0 nitrogen and oxygen atoms in total. The standard InChI is InChI=1S/C21H28F4S/c22-20-13-15(5-12-19(20)21(23,24)25)2-1-14-3-6-16(7-4-14)17-8-10-18(26)11-9-17/h5,12-14,16-18,26H,1-4,6-11H2. The number of hydrogen-bond donors (Lipinski definition) is 1. The van der Waals surface area contributed by atoms with Crippen LogP contribution in [0.25, 0.3) is 0 Å². The Morgan fingerprint density at radius 3 is 2.00 bits per heavy atom. The van der Waals surface area contributed by atoms with Crippen molar-refractivity contribution in [2.75, 3.05) is 0 Å². The van der Waals surface area contributed by atoms with Crippen LogP contribution in [-0.4, -0.2) is 5.25 Å². The quantitative estimate of drug-likeness (QED) is 0.414. The highest BCUT2D eigenvalue weighted by Crippen LogP contribution is 2.41. The van der Waals surface area contributed by atoms with Crippen LogP contribution in [-0.2, 0) is 12.6 Å². The Morgan fingerprint density at radius 1 is 0.885 bits per heavy atom. The smallest absolute Gasteiger partial charge is 0.206 e. The van der Waals surface area contributed by atoms with E-state index in [1.54, 1.807) is 0 Å². The molecule has 146 valence electrons. The minimum Gasteiger partial charge on any atom is -0.206 e. The van der Waals surface area contributed by atoms with Gasteiger partial charge in [0.25, 0.3) is 0 Å². The van der Waals surface area contributed by atoms with Crippen molar-refractivity contribution in [2.45, 2.75) is 75.6 Å². The first kappa shape index (κ1) is 20.0. The third-order valence-corrected chi connectivity index (χ3v) is 7.00. The Labute approximate surface area is 159 Å². The minimum atomic E-state index is -4.62. The van der Waals surface area contributed by atoms with Crippen molar-refractivity contribution in [3.8, 4) is 0 Å². The molecule has 0 spiro atoms. The summed E-state index contributed by atoms with van der Waals surface area (Å²) < 4.78 is 51.5. The number of aryl methyl sites for hydroxylation is 1. The summed E-state index contributed by atoms with van der Waals surface area (Å²) in [5.74, 6) is 1.18. The topological polar surface area (TPSA) is 0 Å². The third kappa shape index (κ3) is 5.17. The second kappa shape index (κ2) is 8.53. The molecule has 5 heteroatoms. The molecule has 0 unspecified atom stereocenters. The normalized spacial score (nSPS) is 30.3. The van der Waals surface area contributed by atoms with Gasteiger partial charge in [-0.15, -0.1) is 0 Å². The Bertz CT molecular complexity index is 582. The molecule has 2 saturated carbocycles. The van der Waals surface area contributed by atoms with Crippen molar-refractivity contribution in [1.82, 2.24) is 0 Å². The van der Waals surface area contributed by atoms with Crippen LogP contribution in [0.5, 0.6) is 0 Å². The molecule has 2 fully saturated rings. The lowest BCUT2D eigenvalue weighted by molar-refractivity contribution is -0.140. The third-order valence-electron chi connectivity index (χ3n) is 6.48. The van der Waals surface area contributed by atoms with Gasteiger partial charge in [-0.1, -0.05) is 18.9 Å². The summed E-state index contributed by atoms with van der Waals surface area (Å²) in [5, 5.41) is 0.590. The van der Waals surface area contributed by atoms with Crippen LogP contribution in [0.1, 0.15) is 68.9 Å². The van der Waals surface area contributed by atoms with E-state index < -0.39 is 17.6 Å². The number of halogens is 4. The van der Waals surface area contributed by atoms with Gasteiger partial charge in [0.15, 0.2) is 0 Å². The van der Waals surface area contributed by atoms with Crippen molar-refractivity contribution in [1.29, 1.82) is 0 Å². The molecule has 0 aromatic heterocycles. The lowest BCUT2D eigenvalue weighted by atomic mass is 9.70. The summed E-state index contributed by atoms with van der Waals surface area (Å²) in [4.78, 5) is 0. The van der Waals surface area contributed by atoms with Crippen LogP contribution < -0.4 is 0 Å². The molecule has 3 rings (SSSR count). The fourth-order valence-electron chi connectivity index (χ4n) is 4.84. The molecule has 2 aliphatic carbocycles. The van der Waals surface area contributed by atoms with Crippen LogP contribution in [0.3, 0.4) is 0 Å². The van der Waals surface area contributed by atoms with Crippen LogP contribution in [0.4, 0.5) is 17.6 Å². The fourth-order valence-corrected chi connectivity index (χ4v) is 5.13. The molecule has 0 N–H and O–H groups in total. The second-order valence-electron chi connectivity index (χ2n) is 8.20. The molecule has 2 aliphatic rings. The summed E-state index contributed by atoms with van der Waals surface area (Å²) in [7, 11) is 0. The van der Waals surface area contributed by atoms with Gasteiger partial charge in [0.1, 0.15) is 5.82 Å². The van der Waals surface area contributed by atoms with Crippen LogP contribution in [0.15, 0.2) is 18.2 Å². The van der Waals surface area contributed by atoms with E-state index >= 15 is 0 Å². The minimum absolute atomic E-state index is 0.590. The largest absolute Gasteiger partial charge is 0.419 e. The first-order valence-electron chi connectivity index (χ1n) is 9.86. The van der Waals surface area contributed by atoms with E-state index in [2.05, 4.69) is 12.6 Å². The molecule has 1 aromatic rings. The Kier molecular flexibility index (Phi) is 6.58. The molecule has 0 atom stereocenters. The Hall–Kier alpha value is -0.710. The zero-order valence-electron chi connectivity index (χ0n) is 15.1. The summed E-state index contributed by atoms with van der Waals surface area (Å²) in [6.07, 6.45) is 7.05. The highest BCUT2D eigenvalue weighted by atomic mass is 32.1. The van der Waals surface area contributed by atoms with Crippen molar-refractivity contribution in [2.24, 2.45) is 17.8 Å². The van der Waals surface area contributed by atoms with Gasteiger partial charge in [0.2, 0.25) is 0 Å². The number of benzene rings is 1. The highest BCUT2D eigenvalue weighted by molar-refractivity contribution is 7.80. The number of rotatable bonds is 4. The first-order valence-corrected chi connectivity index (χ1v) is 10.4. The number of hydrogen-bond acceptors (Lipinski definition) is 1. The van der Waals surface area contributed by atoms with Crippen LogP contribution in [0, 0.1) is 23.6 Å². The summed E-state index contributed by atoms with van der Waals surface area (Å²) in [6.45, 7) is 0. The molecular weight excluding hydrogens is 360 g/mol. The maximum atomic E-state index is 13.7. The number of alkyl halides is 3. The van der Waals surface area contributed by atoms with E-state index in [1.165, 1.54) is 57.4 Å². The van der Waals surface area contributed by atoms with E-state index in [1.807, 2.05) is 0 Å². The summed E-state index contributed by atoms with van der Waals surface area (Å²) in [6, 6.07) is 3.36. The molecule has 0 saturated heterocycles. The predicted molar refractivity (Wildman–Crippen MR) is 99.9 cm³/mol. The zero-order valence-corrected chi connectivity index (χ0v) is 16.0. The first-order chi connectivity index (χ1) is 12.3. The van der Waals surface area contributed by atoms with Gasteiger partial charge in [-0.2, -0.15) is 25.8 Å². The zero-order chi connectivity index (χ0) is 18.7. The SMILES string of the molecule is Fc1cc(CCC2CCC(C3CCC(S)CC3)CC2)ccc1C(F)(F)F. The molecule has 0 heterocycles. The van der Waals surface area contributed by atoms with E-state index in [-0.39, 0.29) is 0 Å². The van der Waals surface area contributed by atoms with Gasteiger partial charge in [0.05, 0.1) is 5.56 Å². The van der Waals surface area contributed by atoms with Crippen molar-refractivity contribution in [3.63, 3.8) is 0 Å². The van der Waals surface area contributed by atoms with Gasteiger partial charge >= 0.3 is 6.18 Å². The van der Waals surface area contributed by atoms with Gasteiger partial charge in [-0.25, -0.2) is 4.39 Å². The van der Waals surface area contributed by atoms with Gasteiger partial charge in [-0.05, 0) is 86.8 Å². The average Bonchev–Trinajstić information content (AvgIpc) is 2.60. The van der Waals surface area contributed by atoms with E-state index in [4.69, 9.17) is 0 Å². The molecule has 0 radical (unpaired) electrons. The predicted octanol–water partition coefficient (Wildman–Crippen LogP) is 7.07. The summed E-state index contributed by atoms with van der Waals surface area (Å²) in [5.41, 5.74) is -0.498. The van der Waals surface area contributed by atoms with Gasteiger partial charge < -0.3 is 0 Å². The number of thiol groups is 1. The lowest BCUT2D eigenvalue weighted by Crippen LogP contribution is -2.26. The van der Waals surface area contributed by atoms with Crippen molar-refractivity contribution < 1.29 is 17.6 Å². The molecular formula is C21H28F4S. The maximum absolute atomic E-state index is 13.7. The van der Waals surface area contributed by atoms with Gasteiger partial charge in [0, 0.05) is 5.25 Å². The van der Waals surface area contributed by atoms with E-state index in [9.17, 15) is 17.6 Å². The molecule has 1 aromatic carbocycles. The summed E-state index contributed by atoms with van der Waals surface area (Å²) >= 11 is 4.58. The maximum Gasteiger partial charge on any atom is 0.419 e. The van der Waals surface area contributed by atoms with Crippen molar-refractivity contribution >= 4 is 12.6 Å². The molecule has 0 aliphatic heterocycles. The molecule has 0 bridgehead atoms. The van der Waals surface area contributed by atoms with Crippen LogP contribution >= 0.6 is 12.6 Å². The van der Waals surface area contributed by atoms with Crippen LogP contribution in [0.2, 0.25) is 0 Å². The fraction of sp³-hybridized carbons (Fsp3) is 0.714. The highest BCUT2D eigenvalue weighted by Gasteiger charge is 2.34. The average molecular weight is 389 g/mol. The molecule has 0 amide bonds. The Balaban J connectivity index is 1.45. The monoisotopic (exact) mass is 388 g/mol. The van der Waals surface area contributed by atoms with E-state index in [0.717, 1.165) is 30.4 Å². The Morgan fingerprint density at radius 2 is 1.46 bits per heavy atom. The van der Waals surface area contributed by atoms with Crippen molar-refractivity contribution in [3.05, 3.63) is 35.1 Å². The van der Waals surface area contributed by atoms with E-state index in [0.29, 0.717) is 23.2 Å².